The molecule has 0 saturated heterocycles. The number of Topliss-reactive ketones (excluding diaryl/α,β-unsaturated/α-hetero) is 1. The summed E-state index contributed by atoms with van der Waals surface area (Å²) in [6.45, 7) is -0.378. The number of hydrogen-bond acceptors (Lipinski definition) is 5. The van der Waals surface area contributed by atoms with Gasteiger partial charge in [0.1, 0.15) is 11.3 Å². The minimum atomic E-state index is -3.10. The molecule has 0 radical (unpaired) electrons. The summed E-state index contributed by atoms with van der Waals surface area (Å²) in [4.78, 5) is 35.8. The lowest BCUT2D eigenvalue weighted by Crippen LogP contribution is -2.30. The van der Waals surface area contributed by atoms with E-state index in [4.69, 9.17) is 4.74 Å². The molecule has 27 heavy (non-hydrogen) atoms. The highest BCUT2D eigenvalue weighted by atomic mass is 19.3. The highest BCUT2D eigenvalue weighted by molar-refractivity contribution is 6.00. The maximum absolute atomic E-state index is 12.4. The van der Waals surface area contributed by atoms with Crippen LogP contribution in [0, 0.1) is 0 Å². The highest BCUT2D eigenvalue weighted by Gasteiger charge is 2.22. The van der Waals surface area contributed by atoms with Crippen molar-refractivity contribution in [2.75, 3.05) is 5.32 Å². The van der Waals surface area contributed by atoms with Gasteiger partial charge in [-0.15, -0.1) is 0 Å². The number of halogens is 2. The van der Waals surface area contributed by atoms with E-state index >= 15 is 0 Å². The van der Waals surface area contributed by atoms with Crippen molar-refractivity contribution in [2.45, 2.75) is 26.6 Å². The first-order chi connectivity index (χ1) is 12.8. The highest BCUT2D eigenvalue weighted by Crippen LogP contribution is 2.22. The fraction of sp³-hybridized carbons (Fsp3) is 0.211. The van der Waals surface area contributed by atoms with Crippen molar-refractivity contribution in [3.05, 3.63) is 59.7 Å². The maximum atomic E-state index is 12.4. The Hall–Kier alpha value is -3.29. The Labute approximate surface area is 154 Å². The molecule has 2 rings (SSSR count). The quantitative estimate of drug-likeness (QED) is 0.588. The number of esters is 1. The lowest BCUT2D eigenvalue weighted by Gasteiger charge is -2.15. The van der Waals surface area contributed by atoms with Crippen molar-refractivity contribution in [1.82, 2.24) is 0 Å². The molecule has 6 nitrogen and oxygen atoms in total. The lowest BCUT2D eigenvalue weighted by molar-refractivity contribution is -0.123. The first-order valence-corrected chi connectivity index (χ1v) is 7.94. The second-order valence-corrected chi connectivity index (χ2v) is 5.55. The Morgan fingerprint density at radius 3 is 2.41 bits per heavy atom. The molecule has 0 fully saturated rings. The van der Waals surface area contributed by atoms with Gasteiger partial charge in [-0.05, 0) is 38.1 Å². The fourth-order valence-electron chi connectivity index (χ4n) is 2.17. The normalized spacial score (nSPS) is 11.6. The zero-order valence-corrected chi connectivity index (χ0v) is 14.6. The van der Waals surface area contributed by atoms with Gasteiger partial charge in [-0.25, -0.2) is 4.79 Å². The molecule has 0 aliphatic rings. The second kappa shape index (κ2) is 8.88. The van der Waals surface area contributed by atoms with Crippen LogP contribution in [-0.2, 0) is 9.53 Å². The van der Waals surface area contributed by atoms with E-state index in [9.17, 15) is 23.2 Å². The number of alkyl halides is 2. The number of rotatable bonds is 7. The van der Waals surface area contributed by atoms with E-state index in [1.54, 1.807) is 18.2 Å². The van der Waals surface area contributed by atoms with Crippen LogP contribution in [-0.4, -0.2) is 30.4 Å². The summed E-state index contributed by atoms with van der Waals surface area (Å²) in [5, 5.41) is 2.52. The molecule has 142 valence electrons. The minimum absolute atomic E-state index is 0.166. The van der Waals surface area contributed by atoms with Crippen LogP contribution in [0.2, 0.25) is 0 Å². The van der Waals surface area contributed by atoms with Gasteiger partial charge in [-0.1, -0.05) is 24.3 Å². The number of carbonyl (C=O) groups excluding carboxylic acids is 3. The van der Waals surface area contributed by atoms with Crippen LogP contribution in [0.25, 0.3) is 0 Å². The van der Waals surface area contributed by atoms with Gasteiger partial charge in [0.25, 0.3) is 5.91 Å². The minimum Gasteiger partial charge on any atom is -0.449 e. The molecule has 0 unspecified atom stereocenters. The van der Waals surface area contributed by atoms with Gasteiger partial charge in [0.15, 0.2) is 11.9 Å². The lowest BCUT2D eigenvalue weighted by atomic mass is 10.1. The molecule has 2 aromatic carbocycles. The van der Waals surface area contributed by atoms with Gasteiger partial charge in [0, 0.05) is 11.3 Å². The summed E-state index contributed by atoms with van der Waals surface area (Å²) in [7, 11) is 0. The van der Waals surface area contributed by atoms with Crippen molar-refractivity contribution in [2.24, 2.45) is 0 Å². The van der Waals surface area contributed by atoms with Crippen LogP contribution in [0.3, 0.4) is 0 Å². The molecule has 0 heterocycles. The number of carbonyl (C=O) groups is 3. The van der Waals surface area contributed by atoms with E-state index in [0.717, 1.165) is 0 Å². The standard InChI is InChI=1S/C19H17F2NO5/c1-11(23)13-6-5-7-14(10-13)22-17(24)12(2)26-18(25)15-8-3-4-9-16(15)27-19(20)21/h3-10,12,19H,1-2H3,(H,22,24)/t12-/m0/s1. The van der Waals surface area contributed by atoms with Gasteiger partial charge in [0.2, 0.25) is 0 Å². The summed E-state index contributed by atoms with van der Waals surface area (Å²) >= 11 is 0. The number of hydrogen-bond donors (Lipinski definition) is 1. The molecule has 2 aromatic rings. The average Bonchev–Trinajstić information content (AvgIpc) is 2.61. The first kappa shape index (κ1) is 20.0. The number of anilines is 1. The third kappa shape index (κ3) is 5.60. The van der Waals surface area contributed by atoms with Crippen molar-refractivity contribution in [3.63, 3.8) is 0 Å². The largest absolute Gasteiger partial charge is 0.449 e. The molecular formula is C19H17F2NO5. The third-order valence-corrected chi connectivity index (χ3v) is 3.51. The van der Waals surface area contributed by atoms with Crippen LogP contribution in [0.15, 0.2) is 48.5 Å². The molecule has 0 aliphatic heterocycles. The van der Waals surface area contributed by atoms with Crippen molar-refractivity contribution >= 4 is 23.3 Å². The fourth-order valence-corrected chi connectivity index (χ4v) is 2.17. The number of benzene rings is 2. The monoisotopic (exact) mass is 377 g/mol. The van der Waals surface area contributed by atoms with Crippen molar-refractivity contribution in [3.8, 4) is 5.75 Å². The predicted octanol–water partition coefficient (Wildman–Crippen LogP) is 3.67. The van der Waals surface area contributed by atoms with Gasteiger partial charge in [-0.2, -0.15) is 8.78 Å². The molecule has 1 amide bonds. The van der Waals surface area contributed by atoms with Crippen LogP contribution < -0.4 is 10.1 Å². The number of ketones is 1. The van der Waals surface area contributed by atoms with Crippen LogP contribution in [0.1, 0.15) is 34.6 Å². The van der Waals surface area contributed by atoms with E-state index in [1.807, 2.05) is 0 Å². The number of para-hydroxylation sites is 1. The SMILES string of the molecule is CC(=O)c1cccc(NC(=O)[C@H](C)OC(=O)c2ccccc2OC(F)F)c1. The number of ether oxygens (including phenoxy) is 2. The van der Waals surface area contributed by atoms with Gasteiger partial charge in [-0.3, -0.25) is 9.59 Å². The molecule has 0 spiro atoms. The Kier molecular flexibility index (Phi) is 6.59. The summed E-state index contributed by atoms with van der Waals surface area (Å²) in [6.07, 6.45) is -1.21. The Balaban J connectivity index is 2.05. The van der Waals surface area contributed by atoms with E-state index in [-0.39, 0.29) is 17.1 Å². The van der Waals surface area contributed by atoms with Gasteiger partial charge < -0.3 is 14.8 Å². The number of amides is 1. The smallest absolute Gasteiger partial charge is 0.387 e. The summed E-state index contributed by atoms with van der Waals surface area (Å²) in [5.41, 5.74) is 0.545. The molecule has 1 atom stereocenters. The molecule has 0 aromatic heterocycles. The predicted molar refractivity (Wildman–Crippen MR) is 93.0 cm³/mol. The zero-order valence-electron chi connectivity index (χ0n) is 14.6. The molecule has 0 aliphatic carbocycles. The van der Waals surface area contributed by atoms with Gasteiger partial charge >= 0.3 is 12.6 Å². The van der Waals surface area contributed by atoms with Crippen molar-refractivity contribution < 1.29 is 32.6 Å². The van der Waals surface area contributed by atoms with E-state index in [2.05, 4.69) is 10.1 Å². The Morgan fingerprint density at radius 2 is 1.74 bits per heavy atom. The van der Waals surface area contributed by atoms with E-state index in [1.165, 1.54) is 44.2 Å². The summed E-state index contributed by atoms with van der Waals surface area (Å²) in [5.74, 6) is -2.14. The van der Waals surface area contributed by atoms with Crippen molar-refractivity contribution in [1.29, 1.82) is 0 Å². The van der Waals surface area contributed by atoms with Crippen LogP contribution in [0.5, 0.6) is 5.75 Å². The summed E-state index contributed by atoms with van der Waals surface area (Å²) < 4.78 is 34.1. The van der Waals surface area contributed by atoms with Gasteiger partial charge in [0.05, 0.1) is 0 Å². The molecular weight excluding hydrogens is 360 g/mol. The van der Waals surface area contributed by atoms with Crippen LogP contribution >= 0.6 is 0 Å². The number of nitrogens with one attached hydrogen (secondary N) is 1. The molecule has 8 heteroatoms. The third-order valence-electron chi connectivity index (χ3n) is 3.51. The molecule has 0 saturated carbocycles. The van der Waals surface area contributed by atoms with Crippen LogP contribution in [0.4, 0.5) is 14.5 Å². The molecule has 0 bridgehead atoms. The van der Waals surface area contributed by atoms with E-state index < -0.39 is 24.6 Å². The Morgan fingerprint density at radius 1 is 1.04 bits per heavy atom. The zero-order chi connectivity index (χ0) is 20.0. The van der Waals surface area contributed by atoms with E-state index in [0.29, 0.717) is 11.3 Å². The second-order valence-electron chi connectivity index (χ2n) is 5.55. The molecule has 1 N–H and O–H groups in total. The Bertz CT molecular complexity index is 853. The average molecular weight is 377 g/mol. The summed E-state index contributed by atoms with van der Waals surface area (Å²) in [6, 6.07) is 11.6. The maximum Gasteiger partial charge on any atom is 0.387 e. The first-order valence-electron chi connectivity index (χ1n) is 7.94. The topological polar surface area (TPSA) is 81.7 Å².